The molecule has 1 fully saturated rings. The Labute approximate surface area is 192 Å². The Morgan fingerprint density at radius 3 is 2.79 bits per heavy atom. The molecule has 0 aromatic carbocycles. The minimum atomic E-state index is 0. The first-order chi connectivity index (χ1) is 11.2. The minimum absolute atomic E-state index is 0. The van der Waals surface area contributed by atoms with Crippen molar-refractivity contribution < 1.29 is 60.9 Å². The average Bonchev–Trinajstić information content (AvgIpc) is 3.24. The van der Waals surface area contributed by atoms with E-state index in [1.165, 1.54) is 0 Å². The van der Waals surface area contributed by atoms with Gasteiger partial charge in [-0.1, -0.05) is 31.4 Å². The number of aromatic nitrogens is 2. The van der Waals surface area contributed by atoms with Crippen molar-refractivity contribution in [2.45, 2.75) is 12.3 Å². The molecule has 1 aromatic heterocycles. The second-order valence-electron chi connectivity index (χ2n) is 4.53. The molecule has 1 aliphatic heterocycles. The Bertz CT molecular complexity index is 500. The van der Waals surface area contributed by atoms with Gasteiger partial charge in [0.1, 0.15) is 6.61 Å². The molecule has 0 aliphatic carbocycles. The Kier molecular flexibility index (Phi) is 18.8. The number of carbonyl (C=O) groups excluding carboxylic acids is 1. The molecule has 1 unspecified atom stereocenters. The first-order valence-electron chi connectivity index (χ1n) is 7.13. The van der Waals surface area contributed by atoms with Crippen LogP contribution in [0.1, 0.15) is 18.0 Å². The van der Waals surface area contributed by atoms with Crippen molar-refractivity contribution in [2.24, 2.45) is 5.73 Å². The maximum Gasteiger partial charge on any atom is 1.00 e. The quantitative estimate of drug-likeness (QED) is 0.241. The summed E-state index contributed by atoms with van der Waals surface area (Å²) in [6.45, 7) is 10.0. The van der Waals surface area contributed by atoms with E-state index in [4.69, 9.17) is 9.53 Å². The fourth-order valence-electron chi connectivity index (χ4n) is 1.94. The van der Waals surface area contributed by atoms with Crippen molar-refractivity contribution in [3.8, 4) is 5.88 Å². The fourth-order valence-corrected chi connectivity index (χ4v) is 1.94. The van der Waals surface area contributed by atoms with Crippen LogP contribution in [0.15, 0.2) is 43.0 Å². The Morgan fingerprint density at radius 1 is 1.58 bits per heavy atom. The van der Waals surface area contributed by atoms with E-state index >= 15 is 0 Å². The van der Waals surface area contributed by atoms with Crippen LogP contribution in [-0.2, 0) is 17.4 Å². The normalized spacial score (nSPS) is 15.2. The van der Waals surface area contributed by atoms with E-state index in [9.17, 15) is 0 Å². The zero-order valence-corrected chi connectivity index (χ0v) is 18.4. The predicted molar refractivity (Wildman–Crippen MR) is 96.3 cm³/mol. The van der Waals surface area contributed by atoms with Gasteiger partial charge in [0.15, 0.2) is 0 Å². The molecule has 0 radical (unpaired) electrons. The molecule has 2 rings (SSSR count). The summed E-state index contributed by atoms with van der Waals surface area (Å²) in [6.07, 6.45) is 8.41. The molecular formula is C16H25KN4O2S. The van der Waals surface area contributed by atoms with Crippen LogP contribution in [0.2, 0.25) is 0 Å². The number of nitrogens with one attached hydrogen (secondary N) is 2. The van der Waals surface area contributed by atoms with Gasteiger partial charge in [-0.15, -0.1) is 5.10 Å². The van der Waals surface area contributed by atoms with E-state index in [2.05, 4.69) is 47.0 Å². The summed E-state index contributed by atoms with van der Waals surface area (Å²) in [5.41, 5.74) is 6.20. The van der Waals surface area contributed by atoms with E-state index in [0.717, 1.165) is 30.8 Å². The number of hydrogen-bond acceptors (Lipinski definition) is 5. The third-order valence-electron chi connectivity index (χ3n) is 2.95. The van der Waals surface area contributed by atoms with Crippen LogP contribution in [0, 0.1) is 0 Å². The van der Waals surface area contributed by atoms with Gasteiger partial charge in [0.25, 0.3) is 0 Å². The SMILES string of the molecule is C=C/C=C\C(=C)COc1cc(C2CCNC2)[nH]n1.C[S-].NC=O.[K+]. The number of ether oxygens (including phenoxy) is 1. The number of primary amides is 1. The van der Waals surface area contributed by atoms with Crippen LogP contribution < -0.4 is 67.2 Å². The molecule has 128 valence electrons. The molecule has 0 bridgehead atoms. The molecule has 24 heavy (non-hydrogen) atoms. The second-order valence-corrected chi connectivity index (χ2v) is 4.53. The fraction of sp³-hybridized carbons (Fsp3) is 0.375. The van der Waals surface area contributed by atoms with Gasteiger partial charge in [0.05, 0.1) is 0 Å². The van der Waals surface area contributed by atoms with Crippen LogP contribution in [0.4, 0.5) is 0 Å². The summed E-state index contributed by atoms with van der Waals surface area (Å²) in [6, 6.07) is 1.97. The van der Waals surface area contributed by atoms with E-state index in [1.807, 2.05) is 18.2 Å². The number of H-pyrrole nitrogens is 1. The Morgan fingerprint density at radius 2 is 2.25 bits per heavy atom. The van der Waals surface area contributed by atoms with E-state index in [1.54, 1.807) is 12.3 Å². The van der Waals surface area contributed by atoms with E-state index < -0.39 is 0 Å². The zero-order chi connectivity index (χ0) is 17.5. The van der Waals surface area contributed by atoms with Gasteiger partial charge in [-0.05, 0) is 18.5 Å². The van der Waals surface area contributed by atoms with Gasteiger partial charge in [0, 0.05) is 24.2 Å². The molecule has 8 heteroatoms. The number of rotatable bonds is 6. The number of aromatic amines is 1. The zero-order valence-electron chi connectivity index (χ0n) is 14.5. The summed E-state index contributed by atoms with van der Waals surface area (Å²) in [5.74, 6) is 1.16. The van der Waals surface area contributed by atoms with Crippen molar-refractivity contribution in [1.82, 2.24) is 15.5 Å². The molecule has 6 nitrogen and oxygen atoms in total. The Balaban J connectivity index is 0. The number of carbonyl (C=O) groups is 1. The standard InChI is InChI=1S/C14H19N3O.CH3NO.CH4S.K/c1-3-4-5-11(2)10-18-14-8-13(16-17-14)12-6-7-15-9-12;2-1-3;1-2;/h3-5,8,12,15H,1-2,6-7,9-10H2,(H,16,17);1H,(H2,2,3);2H,1H3;/q;;;+1/p-1/b5-4-;;;. The third-order valence-corrected chi connectivity index (χ3v) is 2.95. The monoisotopic (exact) mass is 376 g/mol. The van der Waals surface area contributed by atoms with Crippen LogP contribution in [0.3, 0.4) is 0 Å². The van der Waals surface area contributed by atoms with Gasteiger partial charge in [-0.3, -0.25) is 9.89 Å². The van der Waals surface area contributed by atoms with Crippen molar-refractivity contribution >= 4 is 19.0 Å². The molecule has 1 saturated heterocycles. The maximum atomic E-state index is 8.58. The summed E-state index contributed by atoms with van der Waals surface area (Å²) in [7, 11) is 0. The number of amides is 1. The van der Waals surface area contributed by atoms with Gasteiger partial charge in [-0.2, -0.15) is 6.26 Å². The predicted octanol–water partition coefficient (Wildman–Crippen LogP) is -1.57. The van der Waals surface area contributed by atoms with Gasteiger partial charge < -0.3 is 28.4 Å². The molecule has 4 N–H and O–H groups in total. The largest absolute Gasteiger partial charge is 1.00 e. The van der Waals surface area contributed by atoms with Crippen molar-refractivity contribution in [3.05, 3.63) is 48.7 Å². The molecule has 1 aromatic rings. The molecular weight excluding hydrogens is 351 g/mol. The first-order valence-corrected chi connectivity index (χ1v) is 7.94. The molecule has 2 heterocycles. The number of hydrogen-bond donors (Lipinski definition) is 3. The van der Waals surface area contributed by atoms with Crippen LogP contribution in [0.5, 0.6) is 5.88 Å². The number of nitrogens with two attached hydrogens (primary N) is 1. The van der Waals surface area contributed by atoms with Crippen LogP contribution >= 0.6 is 0 Å². The molecule has 0 spiro atoms. The molecule has 1 atom stereocenters. The number of nitrogens with zero attached hydrogens (tertiary/aromatic N) is 1. The van der Waals surface area contributed by atoms with Gasteiger partial charge in [0.2, 0.25) is 12.3 Å². The first kappa shape index (κ1) is 25.9. The van der Waals surface area contributed by atoms with Gasteiger partial charge in [-0.25, -0.2) is 0 Å². The van der Waals surface area contributed by atoms with E-state index in [0.29, 0.717) is 18.4 Å². The summed E-state index contributed by atoms with van der Waals surface area (Å²) < 4.78 is 5.56. The van der Waals surface area contributed by atoms with Gasteiger partial charge >= 0.3 is 51.4 Å². The number of allylic oxidation sites excluding steroid dienone is 2. The molecule has 1 amide bonds. The smallest absolute Gasteiger partial charge is 0.796 e. The molecule has 0 saturated carbocycles. The van der Waals surface area contributed by atoms with Crippen LogP contribution in [0.25, 0.3) is 0 Å². The maximum absolute atomic E-state index is 8.58. The Hall–Kier alpha value is -0.354. The topological polar surface area (TPSA) is 93.0 Å². The minimum Gasteiger partial charge on any atom is -0.796 e. The third kappa shape index (κ3) is 11.2. The summed E-state index contributed by atoms with van der Waals surface area (Å²) >= 11 is 4.08. The van der Waals surface area contributed by atoms with Crippen molar-refractivity contribution in [2.75, 3.05) is 26.0 Å². The average molecular weight is 377 g/mol. The molecule has 1 aliphatic rings. The summed E-state index contributed by atoms with van der Waals surface area (Å²) in [5, 5.41) is 10.5. The van der Waals surface area contributed by atoms with Crippen molar-refractivity contribution in [1.29, 1.82) is 0 Å². The summed E-state index contributed by atoms with van der Waals surface area (Å²) in [4.78, 5) is 8.58. The van der Waals surface area contributed by atoms with Crippen molar-refractivity contribution in [3.63, 3.8) is 0 Å². The second kappa shape index (κ2) is 17.5. The van der Waals surface area contributed by atoms with Crippen LogP contribution in [-0.4, -0.2) is 42.6 Å². The van der Waals surface area contributed by atoms with E-state index in [-0.39, 0.29) is 57.8 Å².